The average molecular weight is 245 g/mol. The molecule has 1 amide bonds. The third kappa shape index (κ3) is 2.36. The summed E-state index contributed by atoms with van der Waals surface area (Å²) in [6.07, 6.45) is 1.65. The molecule has 1 aromatic heterocycles. The zero-order valence-electron chi connectivity index (χ0n) is 9.51. The van der Waals surface area contributed by atoms with Gasteiger partial charge in [0.2, 0.25) is 0 Å². The number of aryl methyl sites for hydroxylation is 1. The van der Waals surface area contributed by atoms with Crippen molar-refractivity contribution in [1.82, 2.24) is 20.0 Å². The second kappa shape index (κ2) is 5.32. The zero-order chi connectivity index (χ0) is 10.8. The van der Waals surface area contributed by atoms with Crippen molar-refractivity contribution < 1.29 is 4.79 Å². The Labute approximate surface area is 101 Å². The highest BCUT2D eigenvalue weighted by molar-refractivity contribution is 5.92. The van der Waals surface area contributed by atoms with E-state index in [1.54, 1.807) is 24.0 Å². The van der Waals surface area contributed by atoms with Crippen LogP contribution >= 0.6 is 12.4 Å². The molecule has 1 aromatic rings. The van der Waals surface area contributed by atoms with E-state index in [1.807, 2.05) is 4.90 Å². The minimum atomic E-state index is 0. The topological polar surface area (TPSA) is 50.2 Å². The number of carbonyl (C=O) groups is 1. The van der Waals surface area contributed by atoms with Gasteiger partial charge in [0.05, 0.1) is 0 Å². The molecule has 2 rings (SSSR count). The number of halogens is 1. The smallest absolute Gasteiger partial charge is 0.272 e. The summed E-state index contributed by atoms with van der Waals surface area (Å²) in [6, 6.07) is 2.01. The SMILES string of the molecule is C[C@H]1CNCCN1C(=O)c1ccnn1C.Cl. The molecule has 1 fully saturated rings. The van der Waals surface area contributed by atoms with Gasteiger partial charge in [-0.25, -0.2) is 0 Å². The van der Waals surface area contributed by atoms with E-state index in [2.05, 4.69) is 17.3 Å². The molecule has 1 N–H and O–H groups in total. The molecule has 0 unspecified atom stereocenters. The summed E-state index contributed by atoms with van der Waals surface area (Å²) >= 11 is 0. The maximum absolute atomic E-state index is 12.1. The molecule has 2 heterocycles. The van der Waals surface area contributed by atoms with Crippen LogP contribution in [-0.4, -0.2) is 46.3 Å². The number of hydrogen-bond donors (Lipinski definition) is 1. The Morgan fingerprint density at radius 1 is 1.62 bits per heavy atom. The van der Waals surface area contributed by atoms with Crippen LogP contribution in [0.3, 0.4) is 0 Å². The first-order chi connectivity index (χ1) is 7.20. The first-order valence-corrected chi connectivity index (χ1v) is 5.20. The third-order valence-corrected chi connectivity index (χ3v) is 2.80. The quantitative estimate of drug-likeness (QED) is 0.772. The van der Waals surface area contributed by atoms with Gasteiger partial charge in [-0.1, -0.05) is 0 Å². The molecule has 0 saturated carbocycles. The molecular weight excluding hydrogens is 228 g/mol. The minimum Gasteiger partial charge on any atom is -0.332 e. The van der Waals surface area contributed by atoms with Crippen molar-refractivity contribution in [2.24, 2.45) is 7.05 Å². The second-order valence-electron chi connectivity index (χ2n) is 3.89. The van der Waals surface area contributed by atoms with Crippen LogP contribution in [0.25, 0.3) is 0 Å². The van der Waals surface area contributed by atoms with Crippen molar-refractivity contribution in [2.75, 3.05) is 19.6 Å². The van der Waals surface area contributed by atoms with Crippen molar-refractivity contribution in [1.29, 1.82) is 0 Å². The van der Waals surface area contributed by atoms with Crippen molar-refractivity contribution in [3.8, 4) is 0 Å². The van der Waals surface area contributed by atoms with E-state index in [0.29, 0.717) is 5.69 Å². The molecule has 0 aromatic carbocycles. The molecule has 90 valence electrons. The van der Waals surface area contributed by atoms with Crippen LogP contribution in [0.4, 0.5) is 0 Å². The molecule has 0 spiro atoms. The molecule has 5 nitrogen and oxygen atoms in total. The summed E-state index contributed by atoms with van der Waals surface area (Å²) in [5.74, 6) is 0.0731. The highest BCUT2D eigenvalue weighted by Crippen LogP contribution is 2.09. The summed E-state index contributed by atoms with van der Waals surface area (Å²) in [5, 5.41) is 7.27. The van der Waals surface area contributed by atoms with Gasteiger partial charge in [0.1, 0.15) is 5.69 Å². The normalized spacial score (nSPS) is 20.4. The molecule has 6 heteroatoms. The monoisotopic (exact) mass is 244 g/mol. The van der Waals surface area contributed by atoms with Crippen LogP contribution in [0.5, 0.6) is 0 Å². The maximum Gasteiger partial charge on any atom is 0.272 e. The molecule has 0 radical (unpaired) electrons. The van der Waals surface area contributed by atoms with Gasteiger partial charge in [-0.2, -0.15) is 5.10 Å². The predicted octanol–water partition coefficient (Wildman–Crippen LogP) is 0.276. The predicted molar refractivity (Wildman–Crippen MR) is 63.8 cm³/mol. The Balaban J connectivity index is 0.00000128. The number of nitrogens with zero attached hydrogens (tertiary/aromatic N) is 3. The number of amides is 1. The first kappa shape index (κ1) is 13.0. The highest BCUT2D eigenvalue weighted by Gasteiger charge is 2.25. The maximum atomic E-state index is 12.1. The Kier molecular flexibility index (Phi) is 4.32. The number of nitrogens with one attached hydrogen (secondary N) is 1. The van der Waals surface area contributed by atoms with Crippen LogP contribution in [0.1, 0.15) is 17.4 Å². The molecule has 1 saturated heterocycles. The van der Waals surface area contributed by atoms with E-state index in [1.165, 1.54) is 0 Å². The van der Waals surface area contributed by atoms with Gasteiger partial charge < -0.3 is 10.2 Å². The van der Waals surface area contributed by atoms with E-state index >= 15 is 0 Å². The summed E-state index contributed by atoms with van der Waals surface area (Å²) in [7, 11) is 1.79. The van der Waals surface area contributed by atoms with E-state index < -0.39 is 0 Å². The van der Waals surface area contributed by atoms with Crippen LogP contribution in [0.2, 0.25) is 0 Å². The van der Waals surface area contributed by atoms with Crippen molar-refractivity contribution >= 4 is 18.3 Å². The summed E-state index contributed by atoms with van der Waals surface area (Å²) in [4.78, 5) is 14.0. The van der Waals surface area contributed by atoms with E-state index in [0.717, 1.165) is 19.6 Å². The number of rotatable bonds is 1. The number of hydrogen-bond acceptors (Lipinski definition) is 3. The van der Waals surface area contributed by atoms with Crippen molar-refractivity contribution in [2.45, 2.75) is 13.0 Å². The van der Waals surface area contributed by atoms with Gasteiger partial charge in [-0.05, 0) is 13.0 Å². The van der Waals surface area contributed by atoms with Gasteiger partial charge >= 0.3 is 0 Å². The van der Waals surface area contributed by atoms with Crippen molar-refractivity contribution in [3.05, 3.63) is 18.0 Å². The largest absolute Gasteiger partial charge is 0.332 e. The lowest BCUT2D eigenvalue weighted by atomic mass is 10.2. The van der Waals surface area contributed by atoms with E-state index in [9.17, 15) is 4.79 Å². The Morgan fingerprint density at radius 3 is 2.94 bits per heavy atom. The standard InChI is InChI=1S/C10H16N4O.ClH/c1-8-7-11-5-6-14(8)10(15)9-3-4-12-13(9)2;/h3-4,8,11H,5-7H2,1-2H3;1H/t8-;/m0./s1. The molecule has 1 aliphatic rings. The minimum absolute atomic E-state index is 0. The zero-order valence-corrected chi connectivity index (χ0v) is 10.3. The van der Waals surface area contributed by atoms with Crippen LogP contribution in [0, 0.1) is 0 Å². The van der Waals surface area contributed by atoms with Gasteiger partial charge in [0, 0.05) is 38.9 Å². The molecule has 0 aliphatic carbocycles. The summed E-state index contributed by atoms with van der Waals surface area (Å²) < 4.78 is 1.62. The lowest BCUT2D eigenvalue weighted by Gasteiger charge is -2.33. The molecule has 1 atom stereocenters. The highest BCUT2D eigenvalue weighted by atomic mass is 35.5. The van der Waals surface area contributed by atoms with Gasteiger partial charge in [0.15, 0.2) is 0 Å². The van der Waals surface area contributed by atoms with Crippen LogP contribution < -0.4 is 5.32 Å². The molecular formula is C10H17ClN4O. The van der Waals surface area contributed by atoms with E-state index in [-0.39, 0.29) is 24.4 Å². The average Bonchev–Trinajstić information content (AvgIpc) is 2.64. The fourth-order valence-electron chi connectivity index (χ4n) is 1.87. The molecule has 0 bridgehead atoms. The Bertz CT molecular complexity index is 365. The van der Waals surface area contributed by atoms with E-state index in [4.69, 9.17) is 0 Å². The van der Waals surface area contributed by atoms with Gasteiger partial charge in [0.25, 0.3) is 5.91 Å². The number of aromatic nitrogens is 2. The summed E-state index contributed by atoms with van der Waals surface area (Å²) in [5.41, 5.74) is 0.656. The van der Waals surface area contributed by atoms with Gasteiger partial charge in [-0.3, -0.25) is 9.48 Å². The fraction of sp³-hybridized carbons (Fsp3) is 0.600. The van der Waals surface area contributed by atoms with Crippen LogP contribution in [-0.2, 0) is 7.05 Å². The molecule has 16 heavy (non-hydrogen) atoms. The lowest BCUT2D eigenvalue weighted by molar-refractivity contribution is 0.0644. The lowest BCUT2D eigenvalue weighted by Crippen LogP contribution is -2.52. The first-order valence-electron chi connectivity index (χ1n) is 5.20. The fourth-order valence-corrected chi connectivity index (χ4v) is 1.87. The van der Waals surface area contributed by atoms with Crippen LogP contribution in [0.15, 0.2) is 12.3 Å². The van der Waals surface area contributed by atoms with Gasteiger partial charge in [-0.15, -0.1) is 12.4 Å². The van der Waals surface area contributed by atoms with Crippen molar-refractivity contribution in [3.63, 3.8) is 0 Å². The Morgan fingerprint density at radius 2 is 2.38 bits per heavy atom. The summed E-state index contributed by atoms with van der Waals surface area (Å²) in [6.45, 7) is 4.56. The third-order valence-electron chi connectivity index (χ3n) is 2.80. The number of piperazine rings is 1. The Hall–Kier alpha value is -1.07. The number of carbonyl (C=O) groups excluding carboxylic acids is 1. The molecule has 1 aliphatic heterocycles. The second-order valence-corrected chi connectivity index (χ2v) is 3.89.